The highest BCUT2D eigenvalue weighted by Crippen LogP contribution is 2.37. The van der Waals surface area contributed by atoms with E-state index in [0.29, 0.717) is 11.8 Å². The molecule has 1 saturated carbocycles. The van der Waals surface area contributed by atoms with E-state index in [1.807, 2.05) is 24.3 Å². The molecule has 1 N–H and O–H groups in total. The highest BCUT2D eigenvalue weighted by atomic mass is 32.2. The van der Waals surface area contributed by atoms with Gasteiger partial charge in [-0.15, -0.1) is 10.2 Å². The molecule has 1 atom stereocenters. The van der Waals surface area contributed by atoms with E-state index in [1.165, 1.54) is 31.0 Å². The minimum Gasteiger partial charge on any atom is -0.496 e. The van der Waals surface area contributed by atoms with Gasteiger partial charge in [-0.1, -0.05) is 56.5 Å². The molecule has 29 heavy (non-hydrogen) atoms. The van der Waals surface area contributed by atoms with E-state index in [2.05, 4.69) is 33.9 Å². The Morgan fingerprint density at radius 2 is 2.03 bits per heavy atom. The monoisotopic (exact) mass is 416 g/mol. The van der Waals surface area contributed by atoms with Crippen LogP contribution in [0.2, 0.25) is 0 Å². The number of carbonyl (C=O) groups is 1. The smallest absolute Gasteiger partial charge is 0.230 e. The lowest BCUT2D eigenvalue weighted by atomic mass is 9.95. The van der Waals surface area contributed by atoms with Gasteiger partial charge < -0.3 is 10.1 Å². The lowest BCUT2D eigenvalue weighted by molar-refractivity contribution is -0.119. The summed E-state index contributed by atoms with van der Waals surface area (Å²) in [4.78, 5) is 12.4. The third-order valence-corrected chi connectivity index (χ3v) is 6.36. The molecule has 0 bridgehead atoms. The SMILES string of the molecule is CCCC(C)NC(=O)CSc1nnc(-c2ccccc2OC)n1C1CCCCC1. The van der Waals surface area contributed by atoms with Crippen LogP contribution in [-0.2, 0) is 4.79 Å². The molecule has 1 fully saturated rings. The summed E-state index contributed by atoms with van der Waals surface area (Å²) in [6.07, 6.45) is 8.00. The van der Waals surface area contributed by atoms with Crippen molar-refractivity contribution < 1.29 is 9.53 Å². The fourth-order valence-corrected chi connectivity index (χ4v) is 4.83. The Kier molecular flexibility index (Phi) is 7.98. The Balaban J connectivity index is 1.83. The van der Waals surface area contributed by atoms with Gasteiger partial charge in [-0.2, -0.15) is 0 Å². The first kappa shape index (κ1) is 21.7. The molecular formula is C22H32N4O2S. The summed E-state index contributed by atoms with van der Waals surface area (Å²) in [5, 5.41) is 12.9. The van der Waals surface area contributed by atoms with E-state index in [0.717, 1.165) is 48.0 Å². The third-order valence-electron chi connectivity index (χ3n) is 5.41. The molecule has 1 unspecified atom stereocenters. The van der Waals surface area contributed by atoms with Gasteiger partial charge in [0, 0.05) is 12.1 Å². The van der Waals surface area contributed by atoms with Gasteiger partial charge in [-0.25, -0.2) is 0 Å². The van der Waals surface area contributed by atoms with Crippen LogP contribution in [0.5, 0.6) is 5.75 Å². The Hall–Kier alpha value is -2.02. The van der Waals surface area contributed by atoms with Crippen LogP contribution in [0.15, 0.2) is 29.4 Å². The standard InChI is InChI=1S/C22H32N4O2S/c1-4-10-16(2)23-20(27)15-29-22-25-24-21(18-13-8-9-14-19(18)28-3)26(22)17-11-6-5-7-12-17/h8-9,13-14,16-17H,4-7,10-12,15H2,1-3H3,(H,23,27). The molecular weight excluding hydrogens is 384 g/mol. The number of aromatic nitrogens is 3. The molecule has 1 heterocycles. The maximum absolute atomic E-state index is 12.4. The maximum Gasteiger partial charge on any atom is 0.230 e. The predicted octanol–water partition coefficient (Wildman–Crippen LogP) is 4.86. The number of carbonyl (C=O) groups excluding carboxylic acids is 1. The normalized spacial score (nSPS) is 15.8. The summed E-state index contributed by atoms with van der Waals surface area (Å²) in [5.41, 5.74) is 0.945. The number of nitrogens with zero attached hydrogens (tertiary/aromatic N) is 3. The molecule has 2 aromatic rings. The number of para-hydroxylation sites is 1. The van der Waals surface area contributed by atoms with E-state index >= 15 is 0 Å². The molecule has 0 spiro atoms. The van der Waals surface area contributed by atoms with Gasteiger partial charge in [0.15, 0.2) is 11.0 Å². The Morgan fingerprint density at radius 3 is 2.76 bits per heavy atom. The van der Waals surface area contributed by atoms with E-state index in [1.54, 1.807) is 7.11 Å². The first-order valence-corrected chi connectivity index (χ1v) is 11.6. The quantitative estimate of drug-likeness (QED) is 0.592. The molecule has 1 amide bonds. The minimum absolute atomic E-state index is 0.0491. The second kappa shape index (κ2) is 10.7. The summed E-state index contributed by atoms with van der Waals surface area (Å²) in [5.74, 6) is 2.02. The largest absolute Gasteiger partial charge is 0.496 e. The molecule has 1 aromatic heterocycles. The van der Waals surface area contributed by atoms with Gasteiger partial charge >= 0.3 is 0 Å². The van der Waals surface area contributed by atoms with Crippen LogP contribution in [0, 0.1) is 0 Å². The second-order valence-electron chi connectivity index (χ2n) is 7.71. The van der Waals surface area contributed by atoms with Crippen LogP contribution in [-0.4, -0.2) is 39.6 Å². The first-order chi connectivity index (χ1) is 14.1. The minimum atomic E-state index is 0.0491. The van der Waals surface area contributed by atoms with Gasteiger partial charge in [-0.05, 0) is 38.3 Å². The van der Waals surface area contributed by atoms with Gasteiger partial charge in [-0.3, -0.25) is 9.36 Å². The number of benzene rings is 1. The van der Waals surface area contributed by atoms with E-state index < -0.39 is 0 Å². The summed E-state index contributed by atoms with van der Waals surface area (Å²) in [6.45, 7) is 4.18. The lowest BCUT2D eigenvalue weighted by Crippen LogP contribution is -2.33. The number of hydrogen-bond acceptors (Lipinski definition) is 5. The van der Waals surface area contributed by atoms with Crippen LogP contribution in [0.4, 0.5) is 0 Å². The van der Waals surface area contributed by atoms with E-state index in [9.17, 15) is 4.79 Å². The van der Waals surface area contributed by atoms with Crippen LogP contribution in [0.1, 0.15) is 64.8 Å². The van der Waals surface area contributed by atoms with Crippen LogP contribution in [0.25, 0.3) is 11.4 Å². The number of methoxy groups -OCH3 is 1. The zero-order valence-electron chi connectivity index (χ0n) is 17.7. The van der Waals surface area contributed by atoms with Crippen molar-refractivity contribution in [3.63, 3.8) is 0 Å². The van der Waals surface area contributed by atoms with Gasteiger partial charge in [0.05, 0.1) is 18.4 Å². The topological polar surface area (TPSA) is 69.0 Å². The molecule has 7 heteroatoms. The third kappa shape index (κ3) is 5.53. The van der Waals surface area contributed by atoms with Crippen molar-refractivity contribution >= 4 is 17.7 Å². The molecule has 1 aliphatic rings. The molecule has 0 saturated heterocycles. The number of amides is 1. The zero-order chi connectivity index (χ0) is 20.6. The highest BCUT2D eigenvalue weighted by molar-refractivity contribution is 7.99. The number of hydrogen-bond donors (Lipinski definition) is 1. The maximum atomic E-state index is 12.4. The zero-order valence-corrected chi connectivity index (χ0v) is 18.5. The molecule has 1 aliphatic carbocycles. The lowest BCUT2D eigenvalue weighted by Gasteiger charge is -2.26. The summed E-state index contributed by atoms with van der Waals surface area (Å²) < 4.78 is 7.80. The molecule has 1 aromatic carbocycles. The Morgan fingerprint density at radius 1 is 1.28 bits per heavy atom. The van der Waals surface area contributed by atoms with Crippen molar-refractivity contribution in [2.24, 2.45) is 0 Å². The van der Waals surface area contributed by atoms with Gasteiger partial charge in [0.2, 0.25) is 5.91 Å². The van der Waals surface area contributed by atoms with Gasteiger partial charge in [0.25, 0.3) is 0 Å². The van der Waals surface area contributed by atoms with Crippen LogP contribution < -0.4 is 10.1 Å². The van der Waals surface area contributed by atoms with E-state index in [4.69, 9.17) is 4.74 Å². The van der Waals surface area contributed by atoms with E-state index in [-0.39, 0.29) is 11.9 Å². The van der Waals surface area contributed by atoms with Gasteiger partial charge in [0.1, 0.15) is 5.75 Å². The molecule has 158 valence electrons. The summed E-state index contributed by atoms with van der Waals surface area (Å²) in [7, 11) is 1.68. The molecule has 3 rings (SSSR count). The number of ether oxygens (including phenoxy) is 1. The van der Waals surface area contributed by atoms with Crippen molar-refractivity contribution in [1.82, 2.24) is 20.1 Å². The summed E-state index contributed by atoms with van der Waals surface area (Å²) >= 11 is 1.47. The fourth-order valence-electron chi connectivity index (χ4n) is 4.01. The molecule has 0 aliphatic heterocycles. The number of rotatable bonds is 9. The van der Waals surface area contributed by atoms with Crippen molar-refractivity contribution in [3.8, 4) is 17.1 Å². The summed E-state index contributed by atoms with van der Waals surface area (Å²) in [6, 6.07) is 8.49. The molecule has 0 radical (unpaired) electrons. The van der Waals surface area contributed by atoms with Crippen molar-refractivity contribution in [2.75, 3.05) is 12.9 Å². The Bertz CT molecular complexity index is 802. The Labute approximate surface area is 177 Å². The van der Waals surface area contributed by atoms with Crippen LogP contribution >= 0.6 is 11.8 Å². The van der Waals surface area contributed by atoms with Crippen molar-refractivity contribution in [3.05, 3.63) is 24.3 Å². The number of nitrogens with one attached hydrogen (secondary N) is 1. The average molecular weight is 417 g/mol. The molecule has 6 nitrogen and oxygen atoms in total. The average Bonchev–Trinajstić information content (AvgIpc) is 3.16. The highest BCUT2D eigenvalue weighted by Gasteiger charge is 2.25. The predicted molar refractivity (Wildman–Crippen MR) is 117 cm³/mol. The fraction of sp³-hybridized carbons (Fsp3) is 0.591. The first-order valence-electron chi connectivity index (χ1n) is 10.6. The van der Waals surface area contributed by atoms with Crippen molar-refractivity contribution in [2.45, 2.75) is 76.0 Å². The van der Waals surface area contributed by atoms with Crippen molar-refractivity contribution in [1.29, 1.82) is 0 Å². The number of thioether (sulfide) groups is 1. The second-order valence-corrected chi connectivity index (χ2v) is 8.66. The van der Waals surface area contributed by atoms with Crippen LogP contribution in [0.3, 0.4) is 0 Å².